The fourth-order valence-corrected chi connectivity index (χ4v) is 3.38. The maximum atomic E-state index is 12.9. The SMILES string of the molecule is Cc1cccc(N2CCN(C(=O)COC(=O)[C@H](C)Oc3ccc(F)cc3)CC2)c1C. The van der Waals surface area contributed by atoms with Gasteiger partial charge in [0.2, 0.25) is 0 Å². The normalized spacial score (nSPS) is 14.9. The van der Waals surface area contributed by atoms with Gasteiger partial charge in [0.25, 0.3) is 5.91 Å². The molecule has 1 atom stereocenters. The maximum Gasteiger partial charge on any atom is 0.347 e. The van der Waals surface area contributed by atoms with Crippen LogP contribution in [0.25, 0.3) is 0 Å². The predicted octanol–water partition coefficient (Wildman–Crippen LogP) is 3.10. The predicted molar refractivity (Wildman–Crippen MR) is 112 cm³/mol. The van der Waals surface area contributed by atoms with E-state index in [-0.39, 0.29) is 18.3 Å². The molecular formula is C23H27FN2O4. The van der Waals surface area contributed by atoms with Crippen molar-refractivity contribution in [2.45, 2.75) is 26.9 Å². The summed E-state index contributed by atoms with van der Waals surface area (Å²) in [4.78, 5) is 28.5. The van der Waals surface area contributed by atoms with E-state index in [1.165, 1.54) is 48.0 Å². The van der Waals surface area contributed by atoms with Crippen molar-refractivity contribution in [1.82, 2.24) is 4.90 Å². The summed E-state index contributed by atoms with van der Waals surface area (Å²) in [5.41, 5.74) is 3.69. The maximum absolute atomic E-state index is 12.9. The van der Waals surface area contributed by atoms with Crippen molar-refractivity contribution >= 4 is 17.6 Å². The summed E-state index contributed by atoms with van der Waals surface area (Å²) >= 11 is 0. The van der Waals surface area contributed by atoms with Crippen LogP contribution in [-0.2, 0) is 14.3 Å². The molecule has 1 aliphatic heterocycles. The van der Waals surface area contributed by atoms with Crippen molar-refractivity contribution in [3.63, 3.8) is 0 Å². The average Bonchev–Trinajstić information content (AvgIpc) is 2.75. The van der Waals surface area contributed by atoms with E-state index in [4.69, 9.17) is 9.47 Å². The van der Waals surface area contributed by atoms with Gasteiger partial charge < -0.3 is 19.3 Å². The number of esters is 1. The first kappa shape index (κ1) is 21.6. The molecule has 3 rings (SSSR count). The highest BCUT2D eigenvalue weighted by Crippen LogP contribution is 2.24. The van der Waals surface area contributed by atoms with Crippen LogP contribution in [0.3, 0.4) is 0 Å². The number of aryl methyl sites for hydroxylation is 1. The lowest BCUT2D eigenvalue weighted by Crippen LogP contribution is -2.50. The quantitative estimate of drug-likeness (QED) is 0.680. The topological polar surface area (TPSA) is 59.1 Å². The Labute approximate surface area is 176 Å². The van der Waals surface area contributed by atoms with Crippen molar-refractivity contribution in [3.8, 4) is 5.75 Å². The number of amides is 1. The molecule has 0 bridgehead atoms. The highest BCUT2D eigenvalue weighted by Gasteiger charge is 2.24. The Morgan fingerprint density at radius 2 is 1.70 bits per heavy atom. The number of hydrogen-bond donors (Lipinski definition) is 0. The molecule has 0 saturated carbocycles. The van der Waals surface area contributed by atoms with Gasteiger partial charge in [0.15, 0.2) is 12.7 Å². The second kappa shape index (κ2) is 9.61. The van der Waals surface area contributed by atoms with Crippen molar-refractivity contribution in [2.75, 3.05) is 37.7 Å². The summed E-state index contributed by atoms with van der Waals surface area (Å²) in [6.07, 6.45) is -0.899. The van der Waals surface area contributed by atoms with Crippen LogP contribution >= 0.6 is 0 Å². The molecule has 1 aliphatic rings. The molecule has 1 fully saturated rings. The standard InChI is InChI=1S/C23H27FN2O4/c1-16-5-4-6-21(17(16)2)25-11-13-26(14-12-25)22(27)15-29-23(28)18(3)30-20-9-7-19(24)8-10-20/h4-10,18H,11-15H2,1-3H3/t18-/m0/s1. The van der Waals surface area contributed by atoms with Crippen LogP contribution < -0.4 is 9.64 Å². The summed E-state index contributed by atoms with van der Waals surface area (Å²) in [6.45, 7) is 8.02. The molecule has 160 valence electrons. The molecule has 2 aromatic rings. The Balaban J connectivity index is 1.44. The van der Waals surface area contributed by atoms with Crippen LogP contribution in [-0.4, -0.2) is 55.7 Å². The van der Waals surface area contributed by atoms with Gasteiger partial charge in [0, 0.05) is 31.9 Å². The lowest BCUT2D eigenvalue weighted by atomic mass is 10.1. The molecule has 7 heteroatoms. The van der Waals surface area contributed by atoms with Gasteiger partial charge in [-0.05, 0) is 62.2 Å². The highest BCUT2D eigenvalue weighted by atomic mass is 19.1. The van der Waals surface area contributed by atoms with E-state index in [1.807, 2.05) is 6.07 Å². The minimum Gasteiger partial charge on any atom is -0.479 e. The zero-order valence-electron chi connectivity index (χ0n) is 17.6. The second-order valence-corrected chi connectivity index (χ2v) is 7.41. The molecule has 0 aromatic heterocycles. The third kappa shape index (κ3) is 5.28. The van der Waals surface area contributed by atoms with Gasteiger partial charge in [-0.1, -0.05) is 12.1 Å². The van der Waals surface area contributed by atoms with Crippen molar-refractivity contribution in [1.29, 1.82) is 0 Å². The van der Waals surface area contributed by atoms with E-state index in [0.29, 0.717) is 18.8 Å². The number of carbonyl (C=O) groups is 2. The smallest absolute Gasteiger partial charge is 0.347 e. The Morgan fingerprint density at radius 3 is 2.37 bits per heavy atom. The lowest BCUT2D eigenvalue weighted by molar-refractivity contribution is -0.157. The number of anilines is 1. The molecule has 6 nitrogen and oxygen atoms in total. The van der Waals surface area contributed by atoms with Crippen LogP contribution in [0, 0.1) is 19.7 Å². The molecular weight excluding hydrogens is 387 g/mol. The molecule has 30 heavy (non-hydrogen) atoms. The first-order chi connectivity index (χ1) is 14.3. The molecule has 1 heterocycles. The number of halogens is 1. The van der Waals surface area contributed by atoms with E-state index >= 15 is 0 Å². The van der Waals surface area contributed by atoms with Gasteiger partial charge in [0.05, 0.1) is 0 Å². The molecule has 0 N–H and O–H groups in total. The third-order valence-corrected chi connectivity index (χ3v) is 5.35. The molecule has 1 saturated heterocycles. The molecule has 0 aliphatic carbocycles. The van der Waals surface area contributed by atoms with E-state index in [2.05, 4.69) is 30.9 Å². The molecule has 0 radical (unpaired) electrons. The minimum atomic E-state index is -0.899. The van der Waals surface area contributed by atoms with E-state index in [9.17, 15) is 14.0 Å². The molecule has 2 aromatic carbocycles. The Kier molecular flexibility index (Phi) is 6.92. The molecule has 0 unspecified atom stereocenters. The number of carbonyl (C=O) groups excluding carboxylic acids is 2. The van der Waals surface area contributed by atoms with Gasteiger partial charge in [-0.2, -0.15) is 0 Å². The number of ether oxygens (including phenoxy) is 2. The molecule has 0 spiro atoms. The van der Waals surface area contributed by atoms with Crippen LogP contribution in [0.1, 0.15) is 18.1 Å². The average molecular weight is 414 g/mol. The fraction of sp³-hybridized carbons (Fsp3) is 0.391. The largest absolute Gasteiger partial charge is 0.479 e. The summed E-state index contributed by atoms with van der Waals surface area (Å²) in [5, 5.41) is 0. The zero-order chi connectivity index (χ0) is 21.7. The third-order valence-electron chi connectivity index (χ3n) is 5.35. The fourth-order valence-electron chi connectivity index (χ4n) is 3.38. The zero-order valence-corrected chi connectivity index (χ0v) is 17.6. The monoisotopic (exact) mass is 414 g/mol. The second-order valence-electron chi connectivity index (χ2n) is 7.41. The number of benzene rings is 2. The first-order valence-corrected chi connectivity index (χ1v) is 10.0. The Morgan fingerprint density at radius 1 is 1.03 bits per heavy atom. The van der Waals surface area contributed by atoms with Crippen molar-refractivity contribution in [3.05, 3.63) is 59.4 Å². The minimum absolute atomic E-state index is 0.224. The van der Waals surface area contributed by atoms with Gasteiger partial charge >= 0.3 is 5.97 Å². The summed E-state index contributed by atoms with van der Waals surface area (Å²) in [7, 11) is 0. The van der Waals surface area contributed by atoms with Gasteiger partial charge in [-0.25, -0.2) is 9.18 Å². The van der Waals surface area contributed by atoms with Crippen LogP contribution in [0.4, 0.5) is 10.1 Å². The van der Waals surface area contributed by atoms with Crippen molar-refractivity contribution in [2.24, 2.45) is 0 Å². The number of rotatable bonds is 6. The number of hydrogen-bond acceptors (Lipinski definition) is 5. The number of piperazine rings is 1. The van der Waals surface area contributed by atoms with Crippen LogP contribution in [0.5, 0.6) is 5.75 Å². The summed E-state index contributed by atoms with van der Waals surface area (Å²) in [6, 6.07) is 11.6. The van der Waals surface area contributed by atoms with E-state index in [1.54, 1.807) is 4.90 Å². The highest BCUT2D eigenvalue weighted by molar-refractivity contribution is 5.82. The van der Waals surface area contributed by atoms with E-state index < -0.39 is 12.1 Å². The first-order valence-electron chi connectivity index (χ1n) is 10.0. The van der Waals surface area contributed by atoms with Crippen molar-refractivity contribution < 1.29 is 23.5 Å². The lowest BCUT2D eigenvalue weighted by Gasteiger charge is -2.37. The van der Waals surface area contributed by atoms with Gasteiger partial charge in [-0.3, -0.25) is 4.79 Å². The summed E-state index contributed by atoms with van der Waals surface area (Å²) < 4.78 is 23.5. The van der Waals surface area contributed by atoms with E-state index in [0.717, 1.165) is 13.1 Å². The number of nitrogens with zero attached hydrogens (tertiary/aromatic N) is 2. The van der Waals surface area contributed by atoms with Gasteiger partial charge in [-0.15, -0.1) is 0 Å². The summed E-state index contributed by atoms with van der Waals surface area (Å²) in [5.74, 6) is -0.893. The van der Waals surface area contributed by atoms with Gasteiger partial charge in [0.1, 0.15) is 11.6 Å². The molecule has 1 amide bonds. The Hall–Kier alpha value is -3.09. The Bertz CT molecular complexity index is 893. The van der Waals surface area contributed by atoms with Crippen LogP contribution in [0.2, 0.25) is 0 Å². The van der Waals surface area contributed by atoms with Crippen LogP contribution in [0.15, 0.2) is 42.5 Å².